The van der Waals surface area contributed by atoms with E-state index in [4.69, 9.17) is 5.73 Å². The van der Waals surface area contributed by atoms with Crippen LogP contribution in [0, 0.1) is 6.92 Å². The molecule has 1 aromatic rings. The second-order valence-electron chi connectivity index (χ2n) is 4.40. The molecule has 3 nitrogen and oxygen atoms in total. The summed E-state index contributed by atoms with van der Waals surface area (Å²) in [5.74, 6) is 0. The Bertz CT molecular complexity index is 281. The number of rotatable bonds is 3. The summed E-state index contributed by atoms with van der Waals surface area (Å²) in [6, 6.07) is 0. The van der Waals surface area contributed by atoms with Crippen molar-refractivity contribution >= 4 is 0 Å². The fourth-order valence-corrected chi connectivity index (χ4v) is 1.35. The Morgan fingerprint density at radius 1 is 1.54 bits per heavy atom. The van der Waals surface area contributed by atoms with E-state index in [1.165, 1.54) is 5.56 Å². The zero-order chi connectivity index (χ0) is 10.1. The molecular formula is C10H19N3. The number of hydrogen-bond acceptors (Lipinski definition) is 2. The molecule has 1 heterocycles. The normalized spacial score (nSPS) is 12.1. The molecule has 1 aromatic heterocycles. The topological polar surface area (TPSA) is 43.8 Å². The van der Waals surface area contributed by atoms with Gasteiger partial charge in [0.15, 0.2) is 0 Å². The van der Waals surface area contributed by atoms with Crippen molar-refractivity contribution in [1.29, 1.82) is 0 Å². The van der Waals surface area contributed by atoms with Crippen LogP contribution in [0.1, 0.15) is 31.5 Å². The van der Waals surface area contributed by atoms with Crippen molar-refractivity contribution in [3.8, 4) is 0 Å². The minimum atomic E-state index is -0.0811. The maximum absolute atomic E-state index is 5.91. The minimum Gasteiger partial charge on any atom is -0.326 e. The van der Waals surface area contributed by atoms with E-state index in [1.54, 1.807) is 0 Å². The molecule has 0 aliphatic rings. The van der Waals surface area contributed by atoms with Gasteiger partial charge in [0.25, 0.3) is 0 Å². The van der Waals surface area contributed by atoms with Crippen molar-refractivity contribution in [3.63, 3.8) is 0 Å². The van der Waals surface area contributed by atoms with Gasteiger partial charge >= 0.3 is 0 Å². The third kappa shape index (κ3) is 3.19. The maximum Gasteiger partial charge on any atom is 0.0625 e. The van der Waals surface area contributed by atoms with Crippen LogP contribution in [0.2, 0.25) is 0 Å². The van der Waals surface area contributed by atoms with Crippen LogP contribution < -0.4 is 5.73 Å². The lowest BCUT2D eigenvalue weighted by molar-refractivity contribution is 0.476. The van der Waals surface area contributed by atoms with Crippen LogP contribution >= 0.6 is 0 Å². The Labute approximate surface area is 79.9 Å². The first-order valence-electron chi connectivity index (χ1n) is 4.66. The monoisotopic (exact) mass is 181 g/mol. The highest BCUT2D eigenvalue weighted by molar-refractivity contribution is 5.15. The van der Waals surface area contributed by atoms with Crippen molar-refractivity contribution in [1.82, 2.24) is 9.78 Å². The molecule has 0 fully saturated rings. The average Bonchev–Trinajstić information content (AvgIpc) is 2.24. The molecule has 1 rings (SSSR count). The van der Waals surface area contributed by atoms with Crippen molar-refractivity contribution in [2.24, 2.45) is 12.8 Å². The third-order valence-corrected chi connectivity index (χ3v) is 2.15. The van der Waals surface area contributed by atoms with Gasteiger partial charge in [-0.25, -0.2) is 0 Å². The van der Waals surface area contributed by atoms with E-state index in [-0.39, 0.29) is 5.54 Å². The fraction of sp³-hybridized carbons (Fsp3) is 0.700. The van der Waals surface area contributed by atoms with Gasteiger partial charge in [-0.1, -0.05) is 0 Å². The van der Waals surface area contributed by atoms with E-state index < -0.39 is 0 Å². The van der Waals surface area contributed by atoms with Crippen molar-refractivity contribution < 1.29 is 0 Å². The highest BCUT2D eigenvalue weighted by Crippen LogP contribution is 2.12. The standard InChI is InChI=1S/C10H19N3/c1-8-9(7-13(4)12-8)5-6-10(2,3)11/h7H,5-6,11H2,1-4H3. The van der Waals surface area contributed by atoms with E-state index in [2.05, 4.69) is 25.1 Å². The van der Waals surface area contributed by atoms with Crippen LogP contribution in [0.15, 0.2) is 6.20 Å². The summed E-state index contributed by atoms with van der Waals surface area (Å²) in [7, 11) is 1.95. The molecule has 0 radical (unpaired) electrons. The molecule has 74 valence electrons. The first-order chi connectivity index (χ1) is 5.88. The number of hydrogen-bond donors (Lipinski definition) is 1. The molecule has 0 saturated heterocycles. The molecule has 3 heteroatoms. The summed E-state index contributed by atoms with van der Waals surface area (Å²) in [4.78, 5) is 0. The summed E-state index contributed by atoms with van der Waals surface area (Å²) in [6.45, 7) is 6.15. The van der Waals surface area contributed by atoms with E-state index in [1.807, 2.05) is 18.7 Å². The summed E-state index contributed by atoms with van der Waals surface area (Å²) >= 11 is 0. The van der Waals surface area contributed by atoms with Crippen molar-refractivity contribution in [3.05, 3.63) is 17.5 Å². The zero-order valence-corrected chi connectivity index (χ0v) is 8.96. The molecule has 13 heavy (non-hydrogen) atoms. The fourth-order valence-electron chi connectivity index (χ4n) is 1.35. The van der Waals surface area contributed by atoms with E-state index in [9.17, 15) is 0 Å². The van der Waals surface area contributed by atoms with E-state index in [0.29, 0.717) is 0 Å². The van der Waals surface area contributed by atoms with Gasteiger partial charge in [-0.05, 0) is 39.2 Å². The van der Waals surface area contributed by atoms with Gasteiger partial charge in [-0.15, -0.1) is 0 Å². The van der Waals surface area contributed by atoms with Crippen LogP contribution in [0.4, 0.5) is 0 Å². The maximum atomic E-state index is 5.91. The van der Waals surface area contributed by atoms with Gasteiger partial charge in [-0.2, -0.15) is 5.10 Å². The lowest BCUT2D eigenvalue weighted by atomic mass is 9.97. The summed E-state index contributed by atoms with van der Waals surface area (Å²) < 4.78 is 1.86. The number of nitrogens with two attached hydrogens (primary N) is 1. The van der Waals surface area contributed by atoms with Crippen molar-refractivity contribution in [2.45, 2.75) is 39.2 Å². The molecule has 2 N–H and O–H groups in total. The highest BCUT2D eigenvalue weighted by atomic mass is 15.2. The van der Waals surface area contributed by atoms with Gasteiger partial charge in [-0.3, -0.25) is 4.68 Å². The predicted octanol–water partition coefficient (Wildman–Crippen LogP) is 1.40. The minimum absolute atomic E-state index is 0.0811. The Balaban J connectivity index is 2.59. The average molecular weight is 181 g/mol. The molecule has 0 spiro atoms. The molecule has 0 aliphatic carbocycles. The molecule has 0 atom stereocenters. The molecule has 0 saturated carbocycles. The molecule has 0 bridgehead atoms. The van der Waals surface area contributed by atoms with E-state index >= 15 is 0 Å². The predicted molar refractivity (Wildman–Crippen MR) is 54.5 cm³/mol. The van der Waals surface area contributed by atoms with Crippen LogP contribution in [0.25, 0.3) is 0 Å². The van der Waals surface area contributed by atoms with Gasteiger partial charge < -0.3 is 5.73 Å². The van der Waals surface area contributed by atoms with Crippen LogP contribution in [0.5, 0.6) is 0 Å². The summed E-state index contributed by atoms with van der Waals surface area (Å²) in [5, 5.41) is 4.29. The third-order valence-electron chi connectivity index (χ3n) is 2.15. The van der Waals surface area contributed by atoms with Crippen molar-refractivity contribution in [2.75, 3.05) is 0 Å². The molecule has 0 unspecified atom stereocenters. The molecule has 0 aliphatic heterocycles. The summed E-state index contributed by atoms with van der Waals surface area (Å²) in [5.41, 5.74) is 8.26. The lowest BCUT2D eigenvalue weighted by Crippen LogP contribution is -2.32. The van der Waals surface area contributed by atoms with Gasteiger partial charge in [0.2, 0.25) is 0 Å². The smallest absolute Gasteiger partial charge is 0.0625 e. The lowest BCUT2D eigenvalue weighted by Gasteiger charge is -2.17. The van der Waals surface area contributed by atoms with E-state index in [0.717, 1.165) is 18.5 Å². The number of nitrogens with zero attached hydrogens (tertiary/aromatic N) is 2. The first kappa shape index (κ1) is 10.3. The largest absolute Gasteiger partial charge is 0.326 e. The second kappa shape index (κ2) is 3.50. The molecule has 0 amide bonds. The summed E-state index contributed by atoms with van der Waals surface area (Å²) in [6.07, 6.45) is 4.09. The zero-order valence-electron chi connectivity index (χ0n) is 8.96. The van der Waals surface area contributed by atoms with Gasteiger partial charge in [0.05, 0.1) is 5.69 Å². The Kier molecular flexibility index (Phi) is 2.76. The quantitative estimate of drug-likeness (QED) is 0.766. The van der Waals surface area contributed by atoms with Crippen LogP contribution in [0.3, 0.4) is 0 Å². The van der Waals surface area contributed by atoms with Crippen LogP contribution in [-0.4, -0.2) is 15.3 Å². The second-order valence-corrected chi connectivity index (χ2v) is 4.40. The Morgan fingerprint density at radius 3 is 2.54 bits per heavy atom. The number of aromatic nitrogens is 2. The van der Waals surface area contributed by atoms with Crippen LogP contribution in [-0.2, 0) is 13.5 Å². The number of aryl methyl sites for hydroxylation is 3. The molecule has 0 aromatic carbocycles. The first-order valence-corrected chi connectivity index (χ1v) is 4.66. The molecular weight excluding hydrogens is 162 g/mol. The Morgan fingerprint density at radius 2 is 2.15 bits per heavy atom. The SMILES string of the molecule is Cc1nn(C)cc1CCC(C)(C)N. The van der Waals surface area contributed by atoms with Gasteiger partial charge in [0, 0.05) is 18.8 Å². The van der Waals surface area contributed by atoms with Gasteiger partial charge in [0.1, 0.15) is 0 Å². The Hall–Kier alpha value is -0.830. The highest BCUT2D eigenvalue weighted by Gasteiger charge is 2.12.